The lowest BCUT2D eigenvalue weighted by Gasteiger charge is -2.34. The number of anilines is 2. The summed E-state index contributed by atoms with van der Waals surface area (Å²) in [6.45, 7) is 5.96. The minimum absolute atomic E-state index is 0.124. The smallest absolute Gasteiger partial charge is 0.227 e. The molecule has 0 unspecified atom stereocenters. The summed E-state index contributed by atoms with van der Waals surface area (Å²) in [7, 11) is 3.99. The molecule has 6 nitrogen and oxygen atoms in total. The molecule has 1 amide bonds. The Morgan fingerprint density at radius 3 is 2.50 bits per heavy atom. The van der Waals surface area contributed by atoms with Crippen molar-refractivity contribution in [3.8, 4) is 0 Å². The lowest BCUT2D eigenvalue weighted by atomic mass is 9.85. The minimum atomic E-state index is 0.124. The first-order chi connectivity index (χ1) is 12.4. The number of carbonyl (C=O) groups excluding carboxylic acids is 1. The van der Waals surface area contributed by atoms with Crippen molar-refractivity contribution in [3.63, 3.8) is 0 Å². The molecule has 1 saturated heterocycles. The molecule has 2 aliphatic rings. The Morgan fingerprint density at radius 2 is 1.85 bits per heavy atom. The van der Waals surface area contributed by atoms with Gasteiger partial charge in [-0.15, -0.1) is 0 Å². The fraction of sp³-hybridized carbons (Fsp3) is 0.750. The average molecular weight is 360 g/mol. The maximum Gasteiger partial charge on any atom is 0.227 e. The van der Waals surface area contributed by atoms with Gasteiger partial charge in [-0.2, -0.15) is 4.98 Å². The molecule has 1 aromatic heterocycles. The number of hydrogen-bond donors (Lipinski definition) is 1. The Labute approximate surface area is 157 Å². The van der Waals surface area contributed by atoms with Crippen LogP contribution in [0, 0.1) is 18.8 Å². The molecule has 0 spiro atoms. The van der Waals surface area contributed by atoms with Crippen LogP contribution in [0.15, 0.2) is 6.07 Å². The van der Waals surface area contributed by atoms with E-state index in [1.807, 2.05) is 32.0 Å². The highest BCUT2D eigenvalue weighted by Crippen LogP contribution is 2.26. The predicted molar refractivity (Wildman–Crippen MR) is 106 cm³/mol. The van der Waals surface area contributed by atoms with Crippen molar-refractivity contribution in [2.45, 2.75) is 58.4 Å². The summed E-state index contributed by atoms with van der Waals surface area (Å²) in [6.07, 6.45) is 6.67. The van der Waals surface area contributed by atoms with Crippen LogP contribution in [0.4, 0.5) is 11.8 Å². The Kier molecular flexibility index (Phi) is 5.99. The van der Waals surface area contributed by atoms with Crippen LogP contribution >= 0.6 is 0 Å². The molecule has 1 saturated carbocycles. The highest BCUT2D eigenvalue weighted by atomic mass is 16.2. The standard InChI is InChI=1S/C20H33N5O/c1-14-7-5-6-8-17(14)22-19(26)16-9-11-25(12-10-16)20-21-15(2)13-18(23-20)24(3)4/h13-14,16-17H,5-12H2,1-4H3,(H,22,26)/t14-,17-/m1/s1. The topological polar surface area (TPSA) is 61.4 Å². The summed E-state index contributed by atoms with van der Waals surface area (Å²) >= 11 is 0. The average Bonchev–Trinajstić information content (AvgIpc) is 2.63. The van der Waals surface area contributed by atoms with Crippen LogP contribution in [0.1, 0.15) is 51.1 Å². The van der Waals surface area contributed by atoms with E-state index in [0.717, 1.165) is 49.8 Å². The van der Waals surface area contributed by atoms with Crippen LogP contribution in [0.3, 0.4) is 0 Å². The van der Waals surface area contributed by atoms with Crippen molar-refractivity contribution < 1.29 is 4.79 Å². The van der Waals surface area contributed by atoms with E-state index in [1.54, 1.807) is 0 Å². The molecule has 0 radical (unpaired) electrons. The zero-order valence-electron chi connectivity index (χ0n) is 16.7. The van der Waals surface area contributed by atoms with E-state index in [-0.39, 0.29) is 11.8 Å². The second-order valence-electron chi connectivity index (χ2n) is 8.20. The first-order valence-electron chi connectivity index (χ1n) is 10.0. The molecule has 0 bridgehead atoms. The number of hydrogen-bond acceptors (Lipinski definition) is 5. The third-order valence-electron chi connectivity index (χ3n) is 5.87. The van der Waals surface area contributed by atoms with E-state index >= 15 is 0 Å². The summed E-state index contributed by atoms with van der Waals surface area (Å²) < 4.78 is 0. The number of rotatable bonds is 4. The van der Waals surface area contributed by atoms with Crippen molar-refractivity contribution in [1.82, 2.24) is 15.3 Å². The molecule has 1 aromatic rings. The number of nitrogens with zero attached hydrogens (tertiary/aromatic N) is 4. The van der Waals surface area contributed by atoms with E-state index in [2.05, 4.69) is 27.1 Å². The molecule has 1 aliphatic carbocycles. The number of piperidine rings is 1. The van der Waals surface area contributed by atoms with Crippen LogP contribution in [0.25, 0.3) is 0 Å². The van der Waals surface area contributed by atoms with E-state index < -0.39 is 0 Å². The number of nitrogens with one attached hydrogen (secondary N) is 1. The second kappa shape index (κ2) is 8.23. The third kappa shape index (κ3) is 4.46. The van der Waals surface area contributed by atoms with Gasteiger partial charge in [-0.1, -0.05) is 19.8 Å². The van der Waals surface area contributed by atoms with Gasteiger partial charge in [0.15, 0.2) is 0 Å². The molecule has 144 valence electrons. The molecule has 2 fully saturated rings. The normalized spacial score (nSPS) is 24.4. The lowest BCUT2D eigenvalue weighted by Crippen LogP contribution is -2.47. The van der Waals surface area contributed by atoms with Gasteiger partial charge >= 0.3 is 0 Å². The van der Waals surface area contributed by atoms with E-state index in [9.17, 15) is 4.79 Å². The number of carbonyl (C=O) groups is 1. The fourth-order valence-corrected chi connectivity index (χ4v) is 4.08. The summed E-state index contributed by atoms with van der Waals surface area (Å²) in [4.78, 5) is 26.2. The molecule has 3 rings (SSSR count). The lowest BCUT2D eigenvalue weighted by molar-refractivity contribution is -0.126. The Morgan fingerprint density at radius 1 is 1.15 bits per heavy atom. The number of aromatic nitrogens is 2. The molecule has 2 atom stereocenters. The van der Waals surface area contributed by atoms with E-state index in [0.29, 0.717) is 12.0 Å². The van der Waals surface area contributed by atoms with Crippen LogP contribution in [-0.4, -0.2) is 49.1 Å². The largest absolute Gasteiger partial charge is 0.363 e. The van der Waals surface area contributed by atoms with Gasteiger partial charge in [0.1, 0.15) is 5.82 Å². The predicted octanol–water partition coefficient (Wildman–Crippen LogP) is 2.76. The highest BCUT2D eigenvalue weighted by molar-refractivity contribution is 5.79. The minimum Gasteiger partial charge on any atom is -0.363 e. The van der Waals surface area contributed by atoms with Gasteiger partial charge in [0.2, 0.25) is 11.9 Å². The van der Waals surface area contributed by atoms with Gasteiger partial charge < -0.3 is 15.1 Å². The molecule has 1 N–H and O–H groups in total. The summed E-state index contributed by atoms with van der Waals surface area (Å²) in [5.41, 5.74) is 0.977. The maximum atomic E-state index is 12.7. The Balaban J connectivity index is 1.56. The number of aryl methyl sites for hydroxylation is 1. The molecule has 0 aromatic carbocycles. The van der Waals surface area contributed by atoms with Crippen molar-refractivity contribution in [3.05, 3.63) is 11.8 Å². The van der Waals surface area contributed by atoms with Gasteiger partial charge in [0.25, 0.3) is 0 Å². The van der Waals surface area contributed by atoms with Crippen molar-refractivity contribution in [1.29, 1.82) is 0 Å². The van der Waals surface area contributed by atoms with Gasteiger partial charge in [-0.25, -0.2) is 4.98 Å². The molecular formula is C20H33N5O. The van der Waals surface area contributed by atoms with E-state index in [4.69, 9.17) is 0 Å². The fourth-order valence-electron chi connectivity index (χ4n) is 4.08. The molecule has 26 heavy (non-hydrogen) atoms. The van der Waals surface area contributed by atoms with Gasteiger partial charge in [0.05, 0.1) is 0 Å². The van der Waals surface area contributed by atoms with Crippen molar-refractivity contribution in [2.75, 3.05) is 37.0 Å². The monoisotopic (exact) mass is 359 g/mol. The van der Waals surface area contributed by atoms with E-state index in [1.165, 1.54) is 19.3 Å². The van der Waals surface area contributed by atoms with Crippen LogP contribution < -0.4 is 15.1 Å². The Hall–Kier alpha value is -1.85. The molecular weight excluding hydrogens is 326 g/mol. The summed E-state index contributed by atoms with van der Waals surface area (Å²) in [5, 5.41) is 3.33. The van der Waals surface area contributed by atoms with Gasteiger partial charge in [-0.3, -0.25) is 4.79 Å². The second-order valence-corrected chi connectivity index (χ2v) is 8.20. The SMILES string of the molecule is Cc1cc(N(C)C)nc(N2CCC(C(=O)N[C@@H]3CCCC[C@H]3C)CC2)n1. The molecule has 6 heteroatoms. The molecule has 2 heterocycles. The first kappa shape index (κ1) is 18.9. The Bertz CT molecular complexity index is 625. The zero-order valence-corrected chi connectivity index (χ0v) is 16.7. The van der Waals surface area contributed by atoms with Crippen LogP contribution in [-0.2, 0) is 4.79 Å². The maximum absolute atomic E-state index is 12.7. The summed E-state index contributed by atoms with van der Waals surface area (Å²) in [6, 6.07) is 2.37. The van der Waals surface area contributed by atoms with Gasteiger partial charge in [0, 0.05) is 50.9 Å². The van der Waals surface area contributed by atoms with Gasteiger partial charge in [-0.05, 0) is 38.5 Å². The highest BCUT2D eigenvalue weighted by Gasteiger charge is 2.30. The third-order valence-corrected chi connectivity index (χ3v) is 5.87. The zero-order chi connectivity index (χ0) is 18.7. The van der Waals surface area contributed by atoms with Crippen molar-refractivity contribution in [2.24, 2.45) is 11.8 Å². The van der Waals surface area contributed by atoms with Crippen LogP contribution in [0.2, 0.25) is 0 Å². The molecule has 1 aliphatic heterocycles. The first-order valence-corrected chi connectivity index (χ1v) is 10.0. The summed E-state index contributed by atoms with van der Waals surface area (Å²) in [5.74, 6) is 2.70. The van der Waals surface area contributed by atoms with Crippen LogP contribution in [0.5, 0.6) is 0 Å². The number of amides is 1. The van der Waals surface area contributed by atoms with Crippen molar-refractivity contribution >= 4 is 17.7 Å². The quantitative estimate of drug-likeness (QED) is 0.896.